The molecule has 0 heterocycles. The van der Waals surface area contributed by atoms with Gasteiger partial charge >= 0.3 is 6.09 Å². The topological polar surface area (TPSA) is 50.4 Å². The van der Waals surface area contributed by atoms with Crippen LogP contribution in [-0.2, 0) is 4.74 Å². The van der Waals surface area contributed by atoms with Crippen molar-refractivity contribution in [1.82, 2.24) is 10.9 Å². The van der Waals surface area contributed by atoms with Gasteiger partial charge in [0.25, 0.3) is 0 Å². The fourth-order valence-corrected chi connectivity index (χ4v) is 0.360. The van der Waals surface area contributed by atoms with E-state index in [1.165, 1.54) is 7.11 Å². The minimum absolute atomic E-state index is 0.0891. The first-order valence-electron chi connectivity index (χ1n) is 3.63. The van der Waals surface area contributed by atoms with Gasteiger partial charge in [-0.15, -0.1) is 0 Å². The molecule has 0 spiro atoms. The predicted octanol–water partition coefficient (Wildman–Crippen LogP) is 1.04. The highest BCUT2D eigenvalue weighted by atomic mass is 16.5. The Morgan fingerprint density at radius 3 is 2.45 bits per heavy atom. The second-order valence-electron chi connectivity index (χ2n) is 2.98. The van der Waals surface area contributed by atoms with Crippen molar-refractivity contribution in [3.8, 4) is 0 Å². The number of methoxy groups -OCH3 is 1. The summed E-state index contributed by atoms with van der Waals surface area (Å²) in [7, 11) is 1.33. The van der Waals surface area contributed by atoms with Gasteiger partial charge in [-0.05, 0) is 20.3 Å². The summed E-state index contributed by atoms with van der Waals surface area (Å²) in [6.07, 6.45) is 0.461. The van der Waals surface area contributed by atoms with Crippen molar-refractivity contribution in [3.63, 3.8) is 0 Å². The number of rotatable bonds is 3. The molecule has 0 fully saturated rings. The van der Waals surface area contributed by atoms with Gasteiger partial charge < -0.3 is 4.74 Å². The zero-order chi connectivity index (χ0) is 8.91. The minimum Gasteiger partial charge on any atom is -0.452 e. The first kappa shape index (κ1) is 10.2. The predicted molar refractivity (Wildman–Crippen MR) is 43.0 cm³/mol. The lowest BCUT2D eigenvalue weighted by Crippen LogP contribution is -2.50. The van der Waals surface area contributed by atoms with Crippen molar-refractivity contribution in [3.05, 3.63) is 0 Å². The number of hydrogen-bond acceptors (Lipinski definition) is 3. The highest BCUT2D eigenvalue weighted by Crippen LogP contribution is 2.04. The zero-order valence-corrected chi connectivity index (χ0v) is 7.52. The maximum atomic E-state index is 10.6. The second-order valence-corrected chi connectivity index (χ2v) is 2.98. The third-order valence-electron chi connectivity index (χ3n) is 1.57. The molecule has 0 aromatic heterocycles. The van der Waals surface area contributed by atoms with E-state index < -0.39 is 6.09 Å². The van der Waals surface area contributed by atoms with Crippen LogP contribution in [0.5, 0.6) is 0 Å². The molecule has 0 rings (SSSR count). The molecule has 66 valence electrons. The molecular weight excluding hydrogens is 144 g/mol. The summed E-state index contributed by atoms with van der Waals surface area (Å²) < 4.78 is 4.38. The molecule has 0 saturated carbocycles. The monoisotopic (exact) mass is 160 g/mol. The van der Waals surface area contributed by atoms with Crippen LogP contribution in [0.1, 0.15) is 27.2 Å². The summed E-state index contributed by atoms with van der Waals surface area (Å²) >= 11 is 0. The molecule has 0 aliphatic heterocycles. The molecule has 0 bridgehead atoms. The van der Waals surface area contributed by atoms with E-state index in [2.05, 4.69) is 15.6 Å². The van der Waals surface area contributed by atoms with Crippen molar-refractivity contribution in [2.45, 2.75) is 32.7 Å². The molecule has 0 radical (unpaired) electrons. The summed E-state index contributed by atoms with van der Waals surface area (Å²) in [5.41, 5.74) is 5.16. The third-order valence-corrected chi connectivity index (χ3v) is 1.57. The molecule has 4 heteroatoms. The lowest BCUT2D eigenvalue weighted by Gasteiger charge is -2.23. The number of hydrogen-bond donors (Lipinski definition) is 2. The van der Waals surface area contributed by atoms with E-state index in [0.717, 1.165) is 6.42 Å². The van der Waals surface area contributed by atoms with Crippen molar-refractivity contribution in [2.75, 3.05) is 7.11 Å². The standard InChI is InChI=1S/C7H16N2O2/c1-5-7(2,3)9-8-6(10)11-4/h9H,5H2,1-4H3,(H,8,10). The summed E-state index contributed by atoms with van der Waals surface area (Å²) in [4.78, 5) is 10.6. The van der Waals surface area contributed by atoms with Crippen molar-refractivity contribution < 1.29 is 9.53 Å². The first-order valence-corrected chi connectivity index (χ1v) is 3.63. The molecule has 4 nitrogen and oxygen atoms in total. The second kappa shape index (κ2) is 4.18. The molecule has 0 aliphatic carbocycles. The largest absolute Gasteiger partial charge is 0.452 e. The summed E-state index contributed by atoms with van der Waals surface area (Å²) in [5.74, 6) is 0. The van der Waals surface area contributed by atoms with Gasteiger partial charge in [0.1, 0.15) is 0 Å². The molecule has 11 heavy (non-hydrogen) atoms. The Labute approximate surface area is 67.3 Å². The third kappa shape index (κ3) is 4.61. The van der Waals surface area contributed by atoms with E-state index in [4.69, 9.17) is 0 Å². The van der Waals surface area contributed by atoms with Gasteiger partial charge in [-0.2, -0.15) is 0 Å². The van der Waals surface area contributed by atoms with Crippen LogP contribution in [0.4, 0.5) is 4.79 Å². The lowest BCUT2D eigenvalue weighted by molar-refractivity contribution is 0.158. The van der Waals surface area contributed by atoms with Crippen LogP contribution >= 0.6 is 0 Å². The van der Waals surface area contributed by atoms with Crippen LogP contribution in [0.25, 0.3) is 0 Å². The Morgan fingerprint density at radius 1 is 1.55 bits per heavy atom. The van der Waals surface area contributed by atoms with E-state index in [9.17, 15) is 4.79 Å². The van der Waals surface area contributed by atoms with Crippen LogP contribution in [0.3, 0.4) is 0 Å². The Bertz CT molecular complexity index is 134. The minimum atomic E-state index is -0.466. The Hall–Kier alpha value is -0.770. The van der Waals surface area contributed by atoms with Gasteiger partial charge in [0, 0.05) is 5.54 Å². The van der Waals surface area contributed by atoms with Crippen molar-refractivity contribution in [2.24, 2.45) is 0 Å². The van der Waals surface area contributed by atoms with E-state index in [0.29, 0.717) is 0 Å². The molecule has 0 aliphatic rings. The first-order chi connectivity index (χ1) is 5.02. The van der Waals surface area contributed by atoms with Gasteiger partial charge in [0.15, 0.2) is 0 Å². The Kier molecular flexibility index (Phi) is 3.89. The average molecular weight is 160 g/mol. The number of carbonyl (C=O) groups is 1. The molecule has 0 aromatic carbocycles. The van der Waals surface area contributed by atoms with Crippen LogP contribution in [0.2, 0.25) is 0 Å². The number of amides is 1. The summed E-state index contributed by atoms with van der Waals surface area (Å²) in [6, 6.07) is 0. The molecule has 0 aromatic rings. The van der Waals surface area contributed by atoms with Crippen molar-refractivity contribution >= 4 is 6.09 Å². The Morgan fingerprint density at radius 2 is 2.09 bits per heavy atom. The molecular formula is C7H16N2O2. The van der Waals surface area contributed by atoms with E-state index >= 15 is 0 Å². The van der Waals surface area contributed by atoms with E-state index in [1.54, 1.807) is 0 Å². The highest BCUT2D eigenvalue weighted by Gasteiger charge is 2.14. The molecule has 0 atom stereocenters. The number of ether oxygens (including phenoxy) is 1. The van der Waals surface area contributed by atoms with Crippen LogP contribution in [0, 0.1) is 0 Å². The SMILES string of the molecule is CCC(C)(C)NNC(=O)OC. The number of nitrogens with one attached hydrogen (secondary N) is 2. The Balaban J connectivity index is 3.61. The smallest absolute Gasteiger partial charge is 0.421 e. The van der Waals surface area contributed by atoms with Gasteiger partial charge in [-0.25, -0.2) is 10.2 Å². The molecule has 0 unspecified atom stereocenters. The fourth-order valence-electron chi connectivity index (χ4n) is 0.360. The maximum absolute atomic E-state index is 10.6. The van der Waals surface area contributed by atoms with Gasteiger partial charge in [0.2, 0.25) is 0 Å². The van der Waals surface area contributed by atoms with Crippen molar-refractivity contribution in [1.29, 1.82) is 0 Å². The fraction of sp³-hybridized carbons (Fsp3) is 0.857. The summed E-state index contributed by atoms with van der Waals surface area (Å²) in [5, 5.41) is 0. The maximum Gasteiger partial charge on any atom is 0.421 e. The van der Waals surface area contributed by atoms with E-state index in [1.807, 2.05) is 20.8 Å². The van der Waals surface area contributed by atoms with Gasteiger partial charge in [-0.1, -0.05) is 6.92 Å². The quantitative estimate of drug-likeness (QED) is 0.606. The zero-order valence-electron chi connectivity index (χ0n) is 7.52. The van der Waals surface area contributed by atoms with Gasteiger partial charge in [-0.3, -0.25) is 5.43 Å². The lowest BCUT2D eigenvalue weighted by atomic mass is 10.0. The molecule has 0 saturated heterocycles. The number of carbonyl (C=O) groups excluding carboxylic acids is 1. The van der Waals surface area contributed by atoms with E-state index in [-0.39, 0.29) is 5.54 Å². The molecule has 2 N–H and O–H groups in total. The summed E-state index contributed by atoms with van der Waals surface area (Å²) in [6.45, 7) is 6.01. The van der Waals surface area contributed by atoms with Crippen LogP contribution in [0.15, 0.2) is 0 Å². The highest BCUT2D eigenvalue weighted by molar-refractivity contribution is 5.66. The average Bonchev–Trinajstić information content (AvgIpc) is 2.00. The van der Waals surface area contributed by atoms with Crippen LogP contribution < -0.4 is 10.9 Å². The molecule has 1 amide bonds. The normalized spacial score (nSPS) is 10.9. The van der Waals surface area contributed by atoms with Crippen LogP contribution in [-0.4, -0.2) is 18.7 Å². The van der Waals surface area contributed by atoms with Gasteiger partial charge in [0.05, 0.1) is 7.11 Å². The number of hydrazine groups is 1.